The van der Waals surface area contributed by atoms with Gasteiger partial charge in [-0.2, -0.15) is 0 Å². The van der Waals surface area contributed by atoms with E-state index in [0.29, 0.717) is 5.91 Å². The van der Waals surface area contributed by atoms with Crippen LogP contribution in [0.25, 0.3) is 0 Å². The van der Waals surface area contributed by atoms with Crippen molar-refractivity contribution in [1.82, 2.24) is 4.90 Å². The minimum atomic E-state index is 0. The Kier molecular flexibility index (Phi) is 10.0. The van der Waals surface area contributed by atoms with Gasteiger partial charge in [0.25, 0.3) is 0 Å². The summed E-state index contributed by atoms with van der Waals surface area (Å²) >= 11 is 0. The lowest BCUT2D eigenvalue weighted by Crippen LogP contribution is -2.25. The molecule has 1 fully saturated rings. The van der Waals surface area contributed by atoms with E-state index >= 15 is 0 Å². The summed E-state index contributed by atoms with van der Waals surface area (Å²) in [5.74, 6) is 0.313. The quantitative estimate of drug-likeness (QED) is 0.551. The molecule has 0 atom stereocenters. The number of hydrogen-bond acceptors (Lipinski definition) is 1. The molecule has 2 nitrogen and oxygen atoms in total. The van der Waals surface area contributed by atoms with Gasteiger partial charge >= 0.3 is 0 Å². The first-order valence-corrected chi connectivity index (χ1v) is 4.54. The topological polar surface area (TPSA) is 20.3 Å². The summed E-state index contributed by atoms with van der Waals surface area (Å²) in [6.45, 7) is 4.96. The first-order chi connectivity index (χ1) is 5.30. The zero-order valence-electron chi connectivity index (χ0n) is 7.89. The van der Waals surface area contributed by atoms with Crippen LogP contribution >= 0.6 is 0 Å². The maximum absolute atomic E-state index is 10.9. The summed E-state index contributed by atoms with van der Waals surface area (Å²) in [6.07, 6.45) is 4.25. The van der Waals surface area contributed by atoms with Crippen LogP contribution in [0.1, 0.15) is 47.0 Å². The van der Waals surface area contributed by atoms with E-state index in [1.54, 1.807) is 0 Å². The Bertz CT molecular complexity index is 112. The fourth-order valence-electron chi connectivity index (χ4n) is 1.12. The average molecular weight is 173 g/mol. The van der Waals surface area contributed by atoms with E-state index in [1.165, 1.54) is 12.8 Å². The number of carbonyl (C=O) groups is 1. The van der Waals surface area contributed by atoms with Crippen molar-refractivity contribution in [2.24, 2.45) is 0 Å². The predicted octanol–water partition coefficient (Wildman–Crippen LogP) is 2.68. The second-order valence-corrected chi connectivity index (χ2v) is 2.63. The monoisotopic (exact) mass is 173 g/mol. The zero-order valence-corrected chi connectivity index (χ0v) is 7.89. The van der Waals surface area contributed by atoms with Gasteiger partial charge in [-0.3, -0.25) is 4.79 Å². The molecule has 0 N–H and O–H groups in total. The molecule has 2 heteroatoms. The smallest absolute Gasteiger partial charge is 0.222 e. The van der Waals surface area contributed by atoms with Crippen molar-refractivity contribution < 1.29 is 4.79 Å². The zero-order chi connectivity index (χ0) is 8.69. The van der Waals surface area contributed by atoms with Gasteiger partial charge in [-0.1, -0.05) is 27.7 Å². The maximum atomic E-state index is 10.9. The van der Waals surface area contributed by atoms with Crippen LogP contribution in [-0.2, 0) is 4.79 Å². The van der Waals surface area contributed by atoms with Crippen molar-refractivity contribution in [1.29, 1.82) is 0 Å². The number of hydrogen-bond donors (Lipinski definition) is 0. The molecule has 0 unspecified atom stereocenters. The van der Waals surface area contributed by atoms with Crippen LogP contribution in [0.3, 0.4) is 0 Å². The number of nitrogens with zero attached hydrogens (tertiary/aromatic N) is 1. The normalized spacial score (nSPS) is 16.9. The standard InChI is InChI=1S/C7H13NO.C2H6.CH4/c1-8-6-4-2-3-5-7(8)9;1-2;/h2-6H2,1H3;1-2H3;1H4. The second kappa shape index (κ2) is 8.57. The van der Waals surface area contributed by atoms with Gasteiger partial charge in [-0.25, -0.2) is 0 Å². The Balaban J connectivity index is 0. The van der Waals surface area contributed by atoms with E-state index in [9.17, 15) is 4.79 Å². The van der Waals surface area contributed by atoms with Gasteiger partial charge in [-0.15, -0.1) is 0 Å². The summed E-state index contributed by atoms with van der Waals surface area (Å²) in [5.41, 5.74) is 0. The Morgan fingerprint density at radius 3 is 2.33 bits per heavy atom. The van der Waals surface area contributed by atoms with E-state index in [1.807, 2.05) is 25.8 Å². The lowest BCUT2D eigenvalue weighted by molar-refractivity contribution is -0.129. The average Bonchev–Trinajstić information content (AvgIpc) is 2.22. The minimum Gasteiger partial charge on any atom is -0.346 e. The van der Waals surface area contributed by atoms with Crippen LogP contribution in [-0.4, -0.2) is 24.4 Å². The van der Waals surface area contributed by atoms with Crippen molar-refractivity contribution in [3.05, 3.63) is 0 Å². The molecule has 0 aliphatic carbocycles. The highest BCUT2D eigenvalue weighted by Crippen LogP contribution is 2.08. The number of rotatable bonds is 0. The van der Waals surface area contributed by atoms with Gasteiger partial charge in [0.1, 0.15) is 0 Å². The summed E-state index contributed by atoms with van der Waals surface area (Å²) < 4.78 is 0. The Labute approximate surface area is 77.0 Å². The van der Waals surface area contributed by atoms with E-state index < -0.39 is 0 Å². The van der Waals surface area contributed by atoms with Gasteiger partial charge in [-0.05, 0) is 12.8 Å². The fourth-order valence-corrected chi connectivity index (χ4v) is 1.12. The van der Waals surface area contributed by atoms with Crippen LogP contribution in [0.4, 0.5) is 0 Å². The first-order valence-electron chi connectivity index (χ1n) is 4.54. The lowest BCUT2D eigenvalue weighted by Gasteiger charge is -2.11. The van der Waals surface area contributed by atoms with Crippen molar-refractivity contribution in [2.45, 2.75) is 47.0 Å². The molecule has 1 saturated heterocycles. The molecular weight excluding hydrogens is 150 g/mol. The Hall–Kier alpha value is -0.530. The van der Waals surface area contributed by atoms with Crippen LogP contribution in [0, 0.1) is 0 Å². The second-order valence-electron chi connectivity index (χ2n) is 2.63. The van der Waals surface area contributed by atoms with Crippen LogP contribution in [0.15, 0.2) is 0 Å². The maximum Gasteiger partial charge on any atom is 0.222 e. The molecule has 1 rings (SSSR count). The largest absolute Gasteiger partial charge is 0.346 e. The van der Waals surface area contributed by atoms with Gasteiger partial charge in [0.2, 0.25) is 5.91 Å². The molecule has 1 amide bonds. The van der Waals surface area contributed by atoms with E-state index in [2.05, 4.69) is 0 Å². The summed E-state index contributed by atoms with van der Waals surface area (Å²) in [5, 5.41) is 0. The van der Waals surface area contributed by atoms with Gasteiger partial charge in [0.15, 0.2) is 0 Å². The minimum absolute atomic E-state index is 0. The molecular formula is C10H23NO. The highest BCUT2D eigenvalue weighted by atomic mass is 16.2. The first kappa shape index (κ1) is 14.0. The molecule has 0 aromatic carbocycles. The van der Waals surface area contributed by atoms with Gasteiger partial charge in [0, 0.05) is 20.0 Å². The molecule has 74 valence electrons. The van der Waals surface area contributed by atoms with Gasteiger partial charge in [0.05, 0.1) is 0 Å². The third-order valence-electron chi connectivity index (χ3n) is 1.81. The highest BCUT2D eigenvalue weighted by molar-refractivity contribution is 5.75. The number of amides is 1. The summed E-state index contributed by atoms with van der Waals surface area (Å²) in [7, 11) is 1.88. The highest BCUT2D eigenvalue weighted by Gasteiger charge is 2.10. The van der Waals surface area contributed by atoms with Crippen LogP contribution < -0.4 is 0 Å². The van der Waals surface area contributed by atoms with Gasteiger partial charge < -0.3 is 4.90 Å². The molecule has 1 aliphatic rings. The van der Waals surface area contributed by atoms with Crippen molar-refractivity contribution in [3.8, 4) is 0 Å². The molecule has 0 aromatic heterocycles. The SMILES string of the molecule is C.CC.CN1CCCCCC1=O. The van der Waals surface area contributed by atoms with E-state index in [4.69, 9.17) is 0 Å². The van der Waals surface area contributed by atoms with Crippen LogP contribution in [0.2, 0.25) is 0 Å². The fraction of sp³-hybridized carbons (Fsp3) is 0.900. The van der Waals surface area contributed by atoms with E-state index in [-0.39, 0.29) is 7.43 Å². The Morgan fingerprint density at radius 1 is 1.17 bits per heavy atom. The third kappa shape index (κ3) is 5.16. The lowest BCUT2D eigenvalue weighted by atomic mass is 10.2. The summed E-state index contributed by atoms with van der Waals surface area (Å²) in [4.78, 5) is 12.8. The number of likely N-dealkylation sites (tertiary alicyclic amines) is 1. The molecule has 0 spiro atoms. The molecule has 12 heavy (non-hydrogen) atoms. The van der Waals surface area contributed by atoms with Crippen LogP contribution in [0.5, 0.6) is 0 Å². The molecule has 1 aliphatic heterocycles. The molecule has 0 radical (unpaired) electrons. The molecule has 0 saturated carbocycles. The van der Waals surface area contributed by atoms with E-state index in [0.717, 1.165) is 19.4 Å². The van der Waals surface area contributed by atoms with Crippen molar-refractivity contribution in [2.75, 3.05) is 13.6 Å². The van der Waals surface area contributed by atoms with Crippen molar-refractivity contribution >= 4 is 5.91 Å². The predicted molar refractivity (Wildman–Crippen MR) is 54.2 cm³/mol. The van der Waals surface area contributed by atoms with Crippen molar-refractivity contribution in [3.63, 3.8) is 0 Å². The molecule has 0 bridgehead atoms. The third-order valence-corrected chi connectivity index (χ3v) is 1.81. The molecule has 0 aromatic rings. The number of carbonyl (C=O) groups excluding carboxylic acids is 1. The molecule has 1 heterocycles. The summed E-state index contributed by atoms with van der Waals surface area (Å²) in [6, 6.07) is 0. The Morgan fingerprint density at radius 2 is 1.75 bits per heavy atom.